The monoisotopic (exact) mass is 373 g/mol. The number of nitrogens with zero attached hydrogens (tertiary/aromatic N) is 3. The van der Waals surface area contributed by atoms with Gasteiger partial charge in [0.1, 0.15) is 0 Å². The van der Waals surface area contributed by atoms with E-state index in [1.54, 1.807) is 0 Å². The van der Waals surface area contributed by atoms with Crippen molar-refractivity contribution in [2.24, 2.45) is 4.99 Å². The Balaban J connectivity index is 1.91. The average molecular weight is 374 g/mol. The molecule has 0 saturated carbocycles. The summed E-state index contributed by atoms with van der Waals surface area (Å²) in [6, 6.07) is 9.19. The Labute approximate surface area is 166 Å². The molecule has 0 bridgehead atoms. The first-order valence-corrected chi connectivity index (χ1v) is 10.6. The van der Waals surface area contributed by atoms with Gasteiger partial charge in [0.05, 0.1) is 6.54 Å². The number of likely N-dealkylation sites (tertiary alicyclic amines) is 1. The first-order chi connectivity index (χ1) is 13.1. The van der Waals surface area contributed by atoms with Gasteiger partial charge in [-0.1, -0.05) is 30.7 Å². The van der Waals surface area contributed by atoms with E-state index in [1.807, 2.05) is 0 Å². The van der Waals surface area contributed by atoms with Crippen LogP contribution >= 0.6 is 0 Å². The molecule has 1 heterocycles. The summed E-state index contributed by atoms with van der Waals surface area (Å²) < 4.78 is 0. The van der Waals surface area contributed by atoms with E-state index in [9.17, 15) is 0 Å². The molecule has 0 radical (unpaired) electrons. The minimum Gasteiger partial charge on any atom is -0.357 e. The fraction of sp³-hybridized carbons (Fsp3) is 0.682. The molecule has 0 unspecified atom stereocenters. The number of guanidine groups is 1. The van der Waals surface area contributed by atoms with Gasteiger partial charge in [-0.3, -0.25) is 4.90 Å². The molecule has 27 heavy (non-hydrogen) atoms. The van der Waals surface area contributed by atoms with Crippen LogP contribution in [0.1, 0.15) is 51.2 Å². The largest absolute Gasteiger partial charge is 0.357 e. The zero-order valence-electron chi connectivity index (χ0n) is 17.8. The van der Waals surface area contributed by atoms with Gasteiger partial charge in [-0.2, -0.15) is 0 Å². The molecule has 2 N–H and O–H groups in total. The lowest BCUT2D eigenvalue weighted by Crippen LogP contribution is -2.42. The van der Waals surface area contributed by atoms with Gasteiger partial charge in [-0.15, -0.1) is 0 Å². The molecule has 1 aliphatic heterocycles. The van der Waals surface area contributed by atoms with Crippen molar-refractivity contribution in [1.29, 1.82) is 0 Å². The molecular formula is C22H39N5. The van der Waals surface area contributed by atoms with Gasteiger partial charge in [0.25, 0.3) is 0 Å². The van der Waals surface area contributed by atoms with E-state index in [-0.39, 0.29) is 0 Å². The summed E-state index contributed by atoms with van der Waals surface area (Å²) in [6.07, 6.45) is 4.07. The molecule has 1 fully saturated rings. The van der Waals surface area contributed by atoms with Gasteiger partial charge >= 0.3 is 0 Å². The summed E-state index contributed by atoms with van der Waals surface area (Å²) in [5, 5.41) is 6.88. The van der Waals surface area contributed by atoms with Crippen molar-refractivity contribution >= 4 is 5.96 Å². The molecule has 0 spiro atoms. The van der Waals surface area contributed by atoms with E-state index in [4.69, 9.17) is 4.99 Å². The van der Waals surface area contributed by atoms with Crippen LogP contribution in [-0.2, 0) is 13.1 Å². The minimum absolute atomic E-state index is 0.537. The summed E-state index contributed by atoms with van der Waals surface area (Å²) >= 11 is 0. The number of aliphatic imine (C=N–C) groups is 1. The lowest BCUT2D eigenvalue weighted by molar-refractivity contribution is 0.232. The van der Waals surface area contributed by atoms with Crippen LogP contribution in [-0.4, -0.2) is 61.6 Å². The topological polar surface area (TPSA) is 42.9 Å². The van der Waals surface area contributed by atoms with Crippen LogP contribution in [0.15, 0.2) is 29.3 Å². The third kappa shape index (κ3) is 7.89. The Morgan fingerprint density at radius 3 is 2.48 bits per heavy atom. The highest BCUT2D eigenvalue weighted by molar-refractivity contribution is 5.79. The highest BCUT2D eigenvalue weighted by Gasteiger charge is 2.10. The summed E-state index contributed by atoms with van der Waals surface area (Å²) in [5.41, 5.74) is 2.67. The lowest BCUT2D eigenvalue weighted by atomic mass is 10.1. The second-order valence-electron chi connectivity index (χ2n) is 7.80. The number of benzene rings is 1. The zero-order valence-corrected chi connectivity index (χ0v) is 17.8. The highest BCUT2D eigenvalue weighted by atomic mass is 15.2. The molecule has 5 nitrogen and oxygen atoms in total. The van der Waals surface area contributed by atoms with Crippen molar-refractivity contribution in [3.8, 4) is 0 Å². The first-order valence-electron chi connectivity index (χ1n) is 10.6. The normalized spacial score (nSPS) is 16.1. The second kappa shape index (κ2) is 12.0. The fourth-order valence-corrected chi connectivity index (χ4v) is 3.34. The molecule has 0 aromatic heterocycles. The molecule has 2 rings (SSSR count). The average Bonchev–Trinajstić information content (AvgIpc) is 2.68. The fourth-order valence-electron chi connectivity index (χ4n) is 3.34. The SMILES string of the molecule is CCNC(=NCc1ccccc1CN(C)C(C)C)NCCN1CCCCC1. The van der Waals surface area contributed by atoms with E-state index in [1.165, 1.54) is 43.5 Å². The molecule has 152 valence electrons. The van der Waals surface area contributed by atoms with Crippen LogP contribution in [0.25, 0.3) is 0 Å². The maximum Gasteiger partial charge on any atom is 0.191 e. The Kier molecular flexibility index (Phi) is 9.64. The third-order valence-corrected chi connectivity index (χ3v) is 5.34. The maximum absolute atomic E-state index is 4.84. The highest BCUT2D eigenvalue weighted by Crippen LogP contribution is 2.13. The standard InChI is InChI=1S/C22H39N5/c1-5-23-22(24-13-16-27-14-9-6-10-15-27)25-17-20-11-7-8-12-21(20)18-26(4)19(2)3/h7-8,11-12,19H,5-6,9-10,13-18H2,1-4H3,(H2,23,24,25). The molecule has 1 aromatic rings. The molecule has 5 heteroatoms. The molecule has 1 aromatic carbocycles. The second-order valence-corrected chi connectivity index (χ2v) is 7.80. The predicted molar refractivity (Wildman–Crippen MR) is 116 cm³/mol. The maximum atomic E-state index is 4.84. The summed E-state index contributed by atoms with van der Waals surface area (Å²) in [5.74, 6) is 0.918. The molecule has 1 saturated heterocycles. The van der Waals surface area contributed by atoms with E-state index in [0.717, 1.165) is 32.1 Å². The number of nitrogens with one attached hydrogen (secondary N) is 2. The number of hydrogen-bond donors (Lipinski definition) is 2. The number of piperidine rings is 1. The van der Waals surface area contributed by atoms with Gasteiger partial charge in [-0.05, 0) is 64.9 Å². The Bertz CT molecular complexity index is 564. The Morgan fingerprint density at radius 2 is 1.81 bits per heavy atom. The van der Waals surface area contributed by atoms with Crippen molar-refractivity contribution in [3.63, 3.8) is 0 Å². The van der Waals surface area contributed by atoms with Crippen LogP contribution in [0, 0.1) is 0 Å². The van der Waals surface area contributed by atoms with Gasteiger partial charge < -0.3 is 15.5 Å². The molecule has 1 aliphatic rings. The Hall–Kier alpha value is -1.59. The van der Waals surface area contributed by atoms with Crippen molar-refractivity contribution < 1.29 is 0 Å². The molecule has 0 atom stereocenters. The van der Waals surface area contributed by atoms with Crippen LogP contribution in [0.2, 0.25) is 0 Å². The predicted octanol–water partition coefficient (Wildman–Crippen LogP) is 3.07. The van der Waals surface area contributed by atoms with Crippen LogP contribution in [0.5, 0.6) is 0 Å². The van der Waals surface area contributed by atoms with E-state index < -0.39 is 0 Å². The summed E-state index contributed by atoms with van der Waals surface area (Å²) in [4.78, 5) is 9.75. The van der Waals surface area contributed by atoms with Crippen LogP contribution in [0.4, 0.5) is 0 Å². The first kappa shape index (κ1) is 21.7. The van der Waals surface area contributed by atoms with E-state index >= 15 is 0 Å². The molecule has 0 aliphatic carbocycles. The number of hydrogen-bond acceptors (Lipinski definition) is 3. The summed E-state index contributed by atoms with van der Waals surface area (Å²) in [6.45, 7) is 13.7. The van der Waals surface area contributed by atoms with Crippen molar-refractivity contribution in [3.05, 3.63) is 35.4 Å². The zero-order chi connectivity index (χ0) is 19.5. The van der Waals surface area contributed by atoms with Crippen molar-refractivity contribution in [1.82, 2.24) is 20.4 Å². The van der Waals surface area contributed by atoms with Crippen molar-refractivity contribution in [2.45, 2.75) is 59.2 Å². The van der Waals surface area contributed by atoms with Crippen LogP contribution < -0.4 is 10.6 Å². The van der Waals surface area contributed by atoms with Gasteiger partial charge in [0.15, 0.2) is 5.96 Å². The van der Waals surface area contributed by atoms with Crippen LogP contribution in [0.3, 0.4) is 0 Å². The van der Waals surface area contributed by atoms with E-state index in [2.05, 4.69) is 72.5 Å². The molecular weight excluding hydrogens is 334 g/mol. The van der Waals surface area contributed by atoms with Crippen molar-refractivity contribution in [2.75, 3.05) is 39.8 Å². The van der Waals surface area contributed by atoms with Gasteiger partial charge in [0.2, 0.25) is 0 Å². The van der Waals surface area contributed by atoms with E-state index in [0.29, 0.717) is 12.6 Å². The third-order valence-electron chi connectivity index (χ3n) is 5.34. The number of rotatable bonds is 9. The smallest absolute Gasteiger partial charge is 0.191 e. The summed E-state index contributed by atoms with van der Waals surface area (Å²) in [7, 11) is 2.18. The minimum atomic E-state index is 0.537. The Morgan fingerprint density at radius 1 is 1.11 bits per heavy atom. The van der Waals surface area contributed by atoms with Gasteiger partial charge in [0, 0.05) is 32.2 Å². The lowest BCUT2D eigenvalue weighted by Gasteiger charge is -2.26. The quantitative estimate of drug-likeness (QED) is 0.516. The van der Waals surface area contributed by atoms with Gasteiger partial charge in [-0.25, -0.2) is 4.99 Å². The molecule has 0 amide bonds.